The van der Waals surface area contributed by atoms with Crippen molar-refractivity contribution in [2.24, 2.45) is 0 Å². The predicted octanol–water partition coefficient (Wildman–Crippen LogP) is 1.94. The molecular weight excluding hydrogens is 242 g/mol. The number of likely N-dealkylation sites (N-methyl/N-ethyl adjacent to an activating group) is 1. The Morgan fingerprint density at radius 1 is 1.47 bits per heavy atom. The third-order valence-electron chi connectivity index (χ3n) is 3.31. The second-order valence-electron chi connectivity index (χ2n) is 4.89. The molecule has 0 radical (unpaired) electrons. The van der Waals surface area contributed by atoms with Crippen molar-refractivity contribution in [2.45, 2.75) is 39.4 Å². The van der Waals surface area contributed by atoms with Crippen LogP contribution in [0.5, 0.6) is 0 Å². The molecule has 106 valence electrons. The van der Waals surface area contributed by atoms with Gasteiger partial charge >= 0.3 is 0 Å². The first kappa shape index (κ1) is 14.2. The summed E-state index contributed by atoms with van der Waals surface area (Å²) in [5.41, 5.74) is 0.975. The summed E-state index contributed by atoms with van der Waals surface area (Å²) in [4.78, 5) is 11.2. The fraction of sp³-hybridized carbons (Fsp3) is 0.714. The lowest BCUT2D eigenvalue weighted by atomic mass is 10.2. The number of rotatable bonds is 6. The normalized spacial score (nSPS) is 18.8. The summed E-state index contributed by atoms with van der Waals surface area (Å²) in [5, 5.41) is 0. The Morgan fingerprint density at radius 2 is 2.32 bits per heavy atom. The molecule has 0 bridgehead atoms. The van der Waals surface area contributed by atoms with E-state index in [-0.39, 0.29) is 0 Å². The molecule has 0 spiro atoms. The summed E-state index contributed by atoms with van der Waals surface area (Å²) < 4.78 is 10.8. The number of anilines is 1. The van der Waals surface area contributed by atoms with Gasteiger partial charge in [-0.05, 0) is 26.7 Å². The van der Waals surface area contributed by atoms with Crippen molar-refractivity contribution in [3.8, 4) is 0 Å². The Morgan fingerprint density at radius 3 is 2.95 bits per heavy atom. The van der Waals surface area contributed by atoms with Crippen molar-refractivity contribution in [3.05, 3.63) is 17.6 Å². The van der Waals surface area contributed by atoms with Gasteiger partial charge in [-0.1, -0.05) is 0 Å². The summed E-state index contributed by atoms with van der Waals surface area (Å²) in [6, 6.07) is 2.03. The molecular formula is C14H23N3O2. The highest BCUT2D eigenvalue weighted by Crippen LogP contribution is 2.18. The van der Waals surface area contributed by atoms with Crippen molar-refractivity contribution in [1.82, 2.24) is 9.97 Å². The van der Waals surface area contributed by atoms with E-state index >= 15 is 0 Å². The molecule has 0 amide bonds. The van der Waals surface area contributed by atoms with Crippen molar-refractivity contribution in [3.63, 3.8) is 0 Å². The van der Waals surface area contributed by atoms with Crippen LogP contribution in [0.1, 0.15) is 31.3 Å². The average Bonchev–Trinajstić information content (AvgIpc) is 2.88. The van der Waals surface area contributed by atoms with E-state index in [4.69, 9.17) is 9.47 Å². The fourth-order valence-corrected chi connectivity index (χ4v) is 2.39. The summed E-state index contributed by atoms with van der Waals surface area (Å²) >= 11 is 0. The highest BCUT2D eigenvalue weighted by molar-refractivity contribution is 5.39. The lowest BCUT2D eigenvalue weighted by Gasteiger charge is -2.25. The van der Waals surface area contributed by atoms with Gasteiger partial charge in [-0.25, -0.2) is 9.97 Å². The predicted molar refractivity (Wildman–Crippen MR) is 74.3 cm³/mol. The highest BCUT2D eigenvalue weighted by Gasteiger charge is 2.19. The van der Waals surface area contributed by atoms with Crippen LogP contribution in [0.2, 0.25) is 0 Å². The zero-order valence-electron chi connectivity index (χ0n) is 12.1. The molecule has 1 aliphatic rings. The monoisotopic (exact) mass is 265 g/mol. The number of aryl methyl sites for hydroxylation is 1. The molecule has 0 saturated carbocycles. The molecule has 1 fully saturated rings. The molecule has 19 heavy (non-hydrogen) atoms. The van der Waals surface area contributed by atoms with E-state index in [1.807, 2.05) is 13.0 Å². The fourth-order valence-electron chi connectivity index (χ4n) is 2.39. The van der Waals surface area contributed by atoms with E-state index in [1.165, 1.54) is 6.42 Å². The van der Waals surface area contributed by atoms with Crippen LogP contribution in [0.3, 0.4) is 0 Å². The van der Waals surface area contributed by atoms with Crippen LogP contribution in [0.15, 0.2) is 6.07 Å². The van der Waals surface area contributed by atoms with E-state index in [0.717, 1.165) is 43.5 Å². The van der Waals surface area contributed by atoms with Crippen molar-refractivity contribution < 1.29 is 9.47 Å². The first-order valence-corrected chi connectivity index (χ1v) is 6.93. The highest BCUT2D eigenvalue weighted by atomic mass is 16.5. The number of ether oxygens (including phenoxy) is 2. The van der Waals surface area contributed by atoms with Crippen molar-refractivity contribution in [2.75, 3.05) is 31.7 Å². The van der Waals surface area contributed by atoms with Crippen molar-refractivity contribution in [1.29, 1.82) is 0 Å². The number of hydrogen-bond acceptors (Lipinski definition) is 5. The van der Waals surface area contributed by atoms with Crippen LogP contribution in [-0.4, -0.2) is 42.9 Å². The summed E-state index contributed by atoms with van der Waals surface area (Å²) in [5.74, 6) is 1.71. The number of aromatic nitrogens is 2. The van der Waals surface area contributed by atoms with Gasteiger partial charge in [0, 0.05) is 38.6 Å². The van der Waals surface area contributed by atoms with E-state index in [1.54, 1.807) is 7.11 Å². The number of nitrogens with zero attached hydrogens (tertiary/aromatic N) is 3. The lowest BCUT2D eigenvalue weighted by molar-refractivity contribution is 0.115. The van der Waals surface area contributed by atoms with Gasteiger partial charge in [-0.15, -0.1) is 0 Å². The quantitative estimate of drug-likeness (QED) is 0.786. The summed E-state index contributed by atoms with van der Waals surface area (Å²) in [6.07, 6.45) is 2.65. The molecule has 5 heteroatoms. The van der Waals surface area contributed by atoms with Crippen LogP contribution in [0.4, 0.5) is 5.82 Å². The largest absolute Gasteiger partial charge is 0.377 e. The maximum absolute atomic E-state index is 5.70. The van der Waals surface area contributed by atoms with Crippen LogP contribution in [0.25, 0.3) is 0 Å². The minimum atomic E-state index is 0.334. The Hall–Kier alpha value is -1.20. The zero-order chi connectivity index (χ0) is 13.7. The van der Waals surface area contributed by atoms with E-state index in [9.17, 15) is 0 Å². The first-order valence-electron chi connectivity index (χ1n) is 6.93. The summed E-state index contributed by atoms with van der Waals surface area (Å²) in [6.45, 7) is 7.29. The molecule has 0 aliphatic carbocycles. The zero-order valence-corrected chi connectivity index (χ0v) is 12.1. The molecule has 0 aromatic carbocycles. The maximum atomic E-state index is 5.70. The molecule has 5 nitrogen and oxygen atoms in total. The van der Waals surface area contributed by atoms with Crippen LogP contribution in [-0.2, 0) is 16.1 Å². The Labute approximate surface area is 115 Å². The number of methoxy groups -OCH3 is 1. The maximum Gasteiger partial charge on any atom is 0.156 e. The Kier molecular flexibility index (Phi) is 5.10. The minimum Gasteiger partial charge on any atom is -0.377 e. The third-order valence-corrected chi connectivity index (χ3v) is 3.31. The van der Waals surface area contributed by atoms with Crippen molar-refractivity contribution >= 4 is 5.82 Å². The van der Waals surface area contributed by atoms with Gasteiger partial charge in [0.15, 0.2) is 5.82 Å². The summed E-state index contributed by atoms with van der Waals surface area (Å²) in [7, 11) is 1.66. The van der Waals surface area contributed by atoms with E-state index in [2.05, 4.69) is 21.8 Å². The van der Waals surface area contributed by atoms with Crippen LogP contribution >= 0.6 is 0 Å². The van der Waals surface area contributed by atoms with Crippen LogP contribution in [0, 0.1) is 6.92 Å². The van der Waals surface area contributed by atoms with Gasteiger partial charge in [-0.3, -0.25) is 0 Å². The molecule has 2 rings (SSSR count). The topological polar surface area (TPSA) is 47.5 Å². The van der Waals surface area contributed by atoms with E-state index in [0.29, 0.717) is 12.7 Å². The molecule has 1 aliphatic heterocycles. The van der Waals surface area contributed by atoms with Gasteiger partial charge in [0.2, 0.25) is 0 Å². The Bertz CT molecular complexity index is 406. The Balaban J connectivity index is 2.11. The molecule has 1 atom stereocenters. The molecule has 0 unspecified atom stereocenters. The van der Waals surface area contributed by atoms with Gasteiger partial charge < -0.3 is 14.4 Å². The average molecular weight is 265 g/mol. The smallest absolute Gasteiger partial charge is 0.156 e. The lowest BCUT2D eigenvalue weighted by Crippen LogP contribution is -2.33. The van der Waals surface area contributed by atoms with Gasteiger partial charge in [0.05, 0.1) is 6.10 Å². The number of hydrogen-bond donors (Lipinski definition) is 0. The molecule has 1 saturated heterocycles. The molecule has 1 aromatic rings. The van der Waals surface area contributed by atoms with Gasteiger partial charge in [0.25, 0.3) is 0 Å². The second kappa shape index (κ2) is 6.82. The standard InChI is InChI=1S/C14H23N3O2/c1-4-17(9-12-6-5-7-19-12)14-8-11(2)15-13(16-14)10-18-3/h8,12H,4-7,9-10H2,1-3H3/t12-/m1/s1. The third kappa shape index (κ3) is 3.88. The SMILES string of the molecule is CCN(C[C@H]1CCCO1)c1cc(C)nc(COC)n1. The molecule has 0 N–H and O–H groups in total. The van der Waals surface area contributed by atoms with Crippen LogP contribution < -0.4 is 4.90 Å². The second-order valence-corrected chi connectivity index (χ2v) is 4.89. The molecule has 2 heterocycles. The van der Waals surface area contributed by atoms with Gasteiger partial charge in [0.1, 0.15) is 12.4 Å². The minimum absolute atomic E-state index is 0.334. The molecule has 1 aromatic heterocycles. The van der Waals surface area contributed by atoms with E-state index < -0.39 is 0 Å². The van der Waals surface area contributed by atoms with Gasteiger partial charge in [-0.2, -0.15) is 0 Å². The first-order chi connectivity index (χ1) is 9.22.